The molecule has 1 atom stereocenters. The molecule has 21 heavy (non-hydrogen) atoms. The second-order valence-electron chi connectivity index (χ2n) is 7.24. The van der Waals surface area contributed by atoms with Gasteiger partial charge in [0.2, 0.25) is 0 Å². The van der Waals surface area contributed by atoms with Crippen LogP contribution in [0.3, 0.4) is 0 Å². The average molecular weight is 305 g/mol. The fraction of sp³-hybridized carbons (Fsp3) is 0.611. The SMILES string of the molecule is Cc1ccc2nc(CCCl)n(C3CCCC(C)(C)C3)c2c1. The summed E-state index contributed by atoms with van der Waals surface area (Å²) in [5.41, 5.74) is 4.14. The van der Waals surface area contributed by atoms with E-state index in [4.69, 9.17) is 16.6 Å². The number of nitrogens with zero attached hydrogens (tertiary/aromatic N) is 2. The number of imidazole rings is 1. The molecule has 2 nitrogen and oxygen atoms in total. The van der Waals surface area contributed by atoms with Crippen molar-refractivity contribution >= 4 is 22.6 Å². The fourth-order valence-corrected chi connectivity index (χ4v) is 3.97. The molecule has 3 heteroatoms. The van der Waals surface area contributed by atoms with Crippen molar-refractivity contribution in [3.05, 3.63) is 29.6 Å². The molecule has 1 aromatic heterocycles. The molecule has 1 saturated carbocycles. The largest absolute Gasteiger partial charge is 0.325 e. The van der Waals surface area contributed by atoms with E-state index in [1.165, 1.54) is 36.8 Å². The highest BCUT2D eigenvalue weighted by atomic mass is 35.5. The van der Waals surface area contributed by atoms with Crippen LogP contribution in [-0.2, 0) is 6.42 Å². The van der Waals surface area contributed by atoms with Crippen molar-refractivity contribution in [3.63, 3.8) is 0 Å². The number of hydrogen-bond donors (Lipinski definition) is 0. The number of halogens is 1. The van der Waals surface area contributed by atoms with Gasteiger partial charge in [-0.05, 0) is 49.3 Å². The van der Waals surface area contributed by atoms with Gasteiger partial charge in [-0.15, -0.1) is 11.6 Å². The first kappa shape index (κ1) is 14.9. The van der Waals surface area contributed by atoms with Gasteiger partial charge in [-0.3, -0.25) is 0 Å². The van der Waals surface area contributed by atoms with E-state index in [1.54, 1.807) is 0 Å². The summed E-state index contributed by atoms with van der Waals surface area (Å²) in [4.78, 5) is 4.84. The van der Waals surface area contributed by atoms with Crippen LogP contribution in [0.1, 0.15) is 57.0 Å². The number of fused-ring (bicyclic) bond motifs is 1. The highest BCUT2D eigenvalue weighted by molar-refractivity contribution is 6.17. The maximum absolute atomic E-state index is 6.01. The Bertz CT molecular complexity index is 642. The molecule has 1 fully saturated rings. The van der Waals surface area contributed by atoms with Crippen LogP contribution in [0.5, 0.6) is 0 Å². The number of aryl methyl sites for hydroxylation is 2. The van der Waals surface area contributed by atoms with Crippen molar-refractivity contribution in [2.45, 2.75) is 58.9 Å². The summed E-state index contributed by atoms with van der Waals surface area (Å²) in [6, 6.07) is 7.14. The Morgan fingerprint density at radius 2 is 2.19 bits per heavy atom. The third-order valence-corrected chi connectivity index (χ3v) is 4.97. The minimum Gasteiger partial charge on any atom is -0.325 e. The predicted octanol–water partition coefficient (Wildman–Crippen LogP) is 5.27. The molecule has 1 heterocycles. The number of alkyl halides is 1. The van der Waals surface area contributed by atoms with Crippen LogP contribution >= 0.6 is 11.6 Å². The monoisotopic (exact) mass is 304 g/mol. The molecule has 0 saturated heterocycles. The first-order chi connectivity index (χ1) is 10.00. The van der Waals surface area contributed by atoms with Crippen molar-refractivity contribution in [2.75, 3.05) is 5.88 Å². The summed E-state index contributed by atoms with van der Waals surface area (Å²) >= 11 is 6.01. The second-order valence-corrected chi connectivity index (χ2v) is 7.62. The third-order valence-electron chi connectivity index (χ3n) is 4.78. The van der Waals surface area contributed by atoms with Gasteiger partial charge in [-0.25, -0.2) is 4.98 Å². The van der Waals surface area contributed by atoms with Gasteiger partial charge in [0.1, 0.15) is 5.82 Å². The first-order valence-electron chi connectivity index (χ1n) is 8.04. The standard InChI is InChI=1S/C18H25ClN2/c1-13-6-7-15-16(11-13)21(17(20-15)8-10-19)14-5-4-9-18(2,3)12-14/h6-7,11,14H,4-5,8-10,12H2,1-3H3. The minimum absolute atomic E-state index is 0.432. The molecule has 0 amide bonds. The number of rotatable bonds is 3. The van der Waals surface area contributed by atoms with Crippen molar-refractivity contribution in [3.8, 4) is 0 Å². The molecule has 3 rings (SSSR count). The predicted molar refractivity (Wildman–Crippen MR) is 90.2 cm³/mol. The van der Waals surface area contributed by atoms with E-state index < -0.39 is 0 Å². The lowest BCUT2D eigenvalue weighted by Gasteiger charge is -2.36. The molecule has 1 unspecified atom stereocenters. The Labute approximate surface area is 132 Å². The van der Waals surface area contributed by atoms with Gasteiger partial charge in [-0.1, -0.05) is 26.3 Å². The van der Waals surface area contributed by atoms with E-state index in [0.717, 1.165) is 17.8 Å². The molecule has 1 aliphatic rings. The first-order valence-corrected chi connectivity index (χ1v) is 8.57. The van der Waals surface area contributed by atoms with E-state index in [-0.39, 0.29) is 0 Å². The molecule has 0 spiro atoms. The van der Waals surface area contributed by atoms with E-state index in [1.807, 2.05) is 0 Å². The normalized spacial score (nSPS) is 21.8. The molecule has 0 N–H and O–H groups in total. The molecular formula is C18H25ClN2. The van der Waals surface area contributed by atoms with E-state index in [2.05, 4.69) is 43.5 Å². The zero-order valence-corrected chi connectivity index (χ0v) is 14.1. The molecule has 114 valence electrons. The Morgan fingerprint density at radius 3 is 2.90 bits per heavy atom. The van der Waals surface area contributed by atoms with Crippen molar-refractivity contribution < 1.29 is 0 Å². The average Bonchev–Trinajstić information content (AvgIpc) is 2.75. The van der Waals surface area contributed by atoms with Crippen LogP contribution in [0.2, 0.25) is 0 Å². The highest BCUT2D eigenvalue weighted by Gasteiger charge is 2.30. The maximum atomic E-state index is 6.01. The molecule has 0 bridgehead atoms. The van der Waals surface area contributed by atoms with Gasteiger partial charge in [0.25, 0.3) is 0 Å². The lowest BCUT2D eigenvalue weighted by atomic mass is 9.75. The molecule has 0 radical (unpaired) electrons. The summed E-state index contributed by atoms with van der Waals surface area (Å²) in [5.74, 6) is 1.80. The van der Waals surface area contributed by atoms with Gasteiger partial charge in [0.15, 0.2) is 0 Å². The third kappa shape index (κ3) is 2.96. The summed E-state index contributed by atoms with van der Waals surface area (Å²) in [6.07, 6.45) is 6.00. The van der Waals surface area contributed by atoms with Crippen LogP contribution in [0, 0.1) is 12.3 Å². The molecule has 1 aromatic carbocycles. The summed E-state index contributed by atoms with van der Waals surface area (Å²) in [5, 5.41) is 0. The lowest BCUT2D eigenvalue weighted by Crippen LogP contribution is -2.26. The number of benzene rings is 1. The quantitative estimate of drug-likeness (QED) is 0.707. The maximum Gasteiger partial charge on any atom is 0.111 e. The van der Waals surface area contributed by atoms with Crippen LogP contribution in [0.4, 0.5) is 0 Å². The van der Waals surface area contributed by atoms with Crippen LogP contribution in [0.25, 0.3) is 11.0 Å². The zero-order valence-electron chi connectivity index (χ0n) is 13.3. The molecular weight excluding hydrogens is 280 g/mol. The van der Waals surface area contributed by atoms with Gasteiger partial charge in [0, 0.05) is 18.3 Å². The Kier molecular flexibility index (Phi) is 4.00. The van der Waals surface area contributed by atoms with Gasteiger partial charge in [0.05, 0.1) is 11.0 Å². The Morgan fingerprint density at radius 1 is 1.38 bits per heavy atom. The summed E-state index contributed by atoms with van der Waals surface area (Å²) in [7, 11) is 0. The molecule has 0 aliphatic heterocycles. The Balaban J connectivity index is 2.09. The van der Waals surface area contributed by atoms with Gasteiger partial charge < -0.3 is 4.57 Å². The minimum atomic E-state index is 0.432. The fourth-order valence-electron chi connectivity index (χ4n) is 3.80. The van der Waals surface area contributed by atoms with Crippen LogP contribution in [-0.4, -0.2) is 15.4 Å². The smallest absolute Gasteiger partial charge is 0.111 e. The molecule has 1 aliphatic carbocycles. The van der Waals surface area contributed by atoms with Crippen molar-refractivity contribution in [2.24, 2.45) is 5.41 Å². The van der Waals surface area contributed by atoms with Crippen molar-refractivity contribution in [1.82, 2.24) is 9.55 Å². The lowest BCUT2D eigenvalue weighted by molar-refractivity contribution is 0.184. The van der Waals surface area contributed by atoms with E-state index in [0.29, 0.717) is 17.3 Å². The van der Waals surface area contributed by atoms with Crippen LogP contribution < -0.4 is 0 Å². The van der Waals surface area contributed by atoms with Crippen molar-refractivity contribution in [1.29, 1.82) is 0 Å². The van der Waals surface area contributed by atoms with Gasteiger partial charge in [-0.2, -0.15) is 0 Å². The topological polar surface area (TPSA) is 17.8 Å². The zero-order chi connectivity index (χ0) is 15.0. The second kappa shape index (κ2) is 5.64. The number of hydrogen-bond acceptors (Lipinski definition) is 1. The summed E-state index contributed by atoms with van der Waals surface area (Å²) in [6.45, 7) is 6.94. The highest BCUT2D eigenvalue weighted by Crippen LogP contribution is 2.42. The Hall–Kier alpha value is -1.02. The summed E-state index contributed by atoms with van der Waals surface area (Å²) < 4.78 is 2.49. The van der Waals surface area contributed by atoms with E-state index >= 15 is 0 Å². The van der Waals surface area contributed by atoms with Gasteiger partial charge >= 0.3 is 0 Å². The molecule has 2 aromatic rings. The number of aromatic nitrogens is 2. The van der Waals surface area contributed by atoms with E-state index in [9.17, 15) is 0 Å². The van der Waals surface area contributed by atoms with Crippen LogP contribution in [0.15, 0.2) is 18.2 Å².